The summed E-state index contributed by atoms with van der Waals surface area (Å²) < 4.78 is 1.44. The summed E-state index contributed by atoms with van der Waals surface area (Å²) in [7, 11) is 0. The number of halogens is 2. The second-order valence-corrected chi connectivity index (χ2v) is 7.14. The van der Waals surface area contributed by atoms with Crippen molar-refractivity contribution in [1.29, 1.82) is 0 Å². The third-order valence-corrected chi connectivity index (χ3v) is 5.26. The first-order chi connectivity index (χ1) is 9.51. The molecule has 0 amide bonds. The summed E-state index contributed by atoms with van der Waals surface area (Å²) in [6.07, 6.45) is 3.83. The number of aliphatic hydroxyl groups is 1. The van der Waals surface area contributed by atoms with Crippen LogP contribution in [-0.4, -0.2) is 33.8 Å². The van der Waals surface area contributed by atoms with E-state index < -0.39 is 0 Å². The summed E-state index contributed by atoms with van der Waals surface area (Å²) in [6.45, 7) is 4.04. The third kappa shape index (κ3) is 3.97. The van der Waals surface area contributed by atoms with Gasteiger partial charge in [-0.15, -0.1) is 0 Å². The highest BCUT2D eigenvalue weighted by Crippen LogP contribution is 2.34. The Kier molecular flexibility index (Phi) is 5.90. The first kappa shape index (κ1) is 16.3. The van der Waals surface area contributed by atoms with Crippen molar-refractivity contribution in [3.05, 3.63) is 26.6 Å². The predicted molar refractivity (Wildman–Crippen MR) is 87.9 cm³/mol. The fourth-order valence-electron chi connectivity index (χ4n) is 2.87. The molecule has 0 heterocycles. The van der Waals surface area contributed by atoms with Crippen LogP contribution >= 0.6 is 31.9 Å². The standard InChI is InChI=1S/C15H21Br2NO2/c1-2-18(11-3-5-12(19)6-4-11)9-10-7-13(16)15(20)14(17)8-10/h7-8,11-12,19-20H,2-6,9H2,1H3/t11-,12-. The minimum atomic E-state index is -0.109. The van der Waals surface area contributed by atoms with Crippen LogP contribution in [0.4, 0.5) is 0 Å². The molecule has 1 saturated carbocycles. The Balaban J connectivity index is 2.06. The predicted octanol–water partition coefficient (Wildman–Crippen LogP) is 4.04. The molecule has 0 spiro atoms. The lowest BCUT2D eigenvalue weighted by Crippen LogP contribution is -2.38. The van der Waals surface area contributed by atoms with E-state index in [2.05, 4.69) is 43.7 Å². The lowest BCUT2D eigenvalue weighted by molar-refractivity contribution is 0.0727. The minimum absolute atomic E-state index is 0.109. The van der Waals surface area contributed by atoms with E-state index in [9.17, 15) is 10.2 Å². The van der Waals surface area contributed by atoms with Crippen molar-refractivity contribution in [3.63, 3.8) is 0 Å². The summed E-state index contributed by atoms with van der Waals surface area (Å²) in [5, 5.41) is 19.4. The average molecular weight is 407 g/mol. The number of aromatic hydroxyl groups is 1. The molecule has 1 aliphatic rings. The molecule has 5 heteroatoms. The molecule has 1 aromatic carbocycles. The molecule has 0 aromatic heterocycles. The first-order valence-corrected chi connectivity index (χ1v) is 8.68. The number of hydrogen-bond acceptors (Lipinski definition) is 3. The normalized spacial score (nSPS) is 23.2. The van der Waals surface area contributed by atoms with E-state index in [-0.39, 0.29) is 11.9 Å². The second-order valence-electron chi connectivity index (χ2n) is 5.43. The topological polar surface area (TPSA) is 43.7 Å². The minimum Gasteiger partial charge on any atom is -0.506 e. The number of phenolic OH excluding ortho intramolecular Hbond substituents is 1. The van der Waals surface area contributed by atoms with Crippen LogP contribution in [0.2, 0.25) is 0 Å². The van der Waals surface area contributed by atoms with Gasteiger partial charge in [0.1, 0.15) is 5.75 Å². The summed E-state index contributed by atoms with van der Waals surface area (Å²) in [4.78, 5) is 2.46. The summed E-state index contributed by atoms with van der Waals surface area (Å²) in [5.41, 5.74) is 1.18. The SMILES string of the molecule is CCN(Cc1cc(Br)c(O)c(Br)c1)[C@H]1CC[C@H](O)CC1. The van der Waals surface area contributed by atoms with Crippen molar-refractivity contribution in [2.75, 3.05) is 6.54 Å². The molecule has 0 bridgehead atoms. The number of hydrogen-bond donors (Lipinski definition) is 2. The highest BCUT2D eigenvalue weighted by Gasteiger charge is 2.24. The fourth-order valence-corrected chi connectivity index (χ4v) is 4.15. The third-order valence-electron chi connectivity index (χ3n) is 4.05. The van der Waals surface area contributed by atoms with Crippen LogP contribution in [0, 0.1) is 0 Å². The van der Waals surface area contributed by atoms with Gasteiger partial charge in [-0.05, 0) is 81.8 Å². The lowest BCUT2D eigenvalue weighted by atomic mass is 9.91. The van der Waals surface area contributed by atoms with Gasteiger partial charge in [-0.3, -0.25) is 4.90 Å². The molecule has 0 aliphatic heterocycles. The number of benzene rings is 1. The van der Waals surface area contributed by atoms with Gasteiger partial charge in [-0.2, -0.15) is 0 Å². The Hall–Kier alpha value is -0.100. The van der Waals surface area contributed by atoms with E-state index in [0.29, 0.717) is 6.04 Å². The van der Waals surface area contributed by atoms with Crippen molar-refractivity contribution in [2.45, 2.75) is 51.3 Å². The Morgan fingerprint density at radius 2 is 1.70 bits per heavy atom. The zero-order chi connectivity index (χ0) is 14.7. The van der Waals surface area contributed by atoms with Gasteiger partial charge in [-0.25, -0.2) is 0 Å². The van der Waals surface area contributed by atoms with E-state index in [0.717, 1.165) is 47.7 Å². The lowest BCUT2D eigenvalue weighted by Gasteiger charge is -2.35. The summed E-state index contributed by atoms with van der Waals surface area (Å²) in [6, 6.07) is 4.50. The second kappa shape index (κ2) is 7.25. The Morgan fingerprint density at radius 3 is 2.20 bits per heavy atom. The van der Waals surface area contributed by atoms with Crippen LogP contribution in [0.3, 0.4) is 0 Å². The van der Waals surface area contributed by atoms with Crippen LogP contribution < -0.4 is 0 Å². The van der Waals surface area contributed by atoms with Crippen molar-refractivity contribution in [1.82, 2.24) is 4.90 Å². The molecule has 3 nitrogen and oxygen atoms in total. The first-order valence-electron chi connectivity index (χ1n) is 7.10. The molecule has 1 fully saturated rings. The molecule has 2 rings (SSSR count). The quantitative estimate of drug-likeness (QED) is 0.792. The molecule has 1 aromatic rings. The smallest absolute Gasteiger partial charge is 0.143 e. The highest BCUT2D eigenvalue weighted by atomic mass is 79.9. The largest absolute Gasteiger partial charge is 0.506 e. The molecule has 1 aliphatic carbocycles. The Labute approximate surface area is 137 Å². The molecule has 0 atom stereocenters. The molecule has 20 heavy (non-hydrogen) atoms. The monoisotopic (exact) mass is 405 g/mol. The zero-order valence-electron chi connectivity index (χ0n) is 11.6. The zero-order valence-corrected chi connectivity index (χ0v) is 14.8. The number of nitrogens with zero attached hydrogens (tertiary/aromatic N) is 1. The molecule has 112 valence electrons. The number of phenols is 1. The van der Waals surface area contributed by atoms with Crippen LogP contribution in [0.15, 0.2) is 21.1 Å². The van der Waals surface area contributed by atoms with Crippen LogP contribution in [0.25, 0.3) is 0 Å². The van der Waals surface area contributed by atoms with Gasteiger partial charge >= 0.3 is 0 Å². The van der Waals surface area contributed by atoms with E-state index in [1.807, 2.05) is 12.1 Å². The molecule has 2 N–H and O–H groups in total. The molecule has 0 radical (unpaired) electrons. The summed E-state index contributed by atoms with van der Waals surface area (Å²) in [5.74, 6) is 0.248. The maximum atomic E-state index is 9.76. The van der Waals surface area contributed by atoms with Crippen molar-refractivity contribution < 1.29 is 10.2 Å². The molecular formula is C15H21Br2NO2. The van der Waals surface area contributed by atoms with Crippen molar-refractivity contribution in [2.24, 2.45) is 0 Å². The van der Waals surface area contributed by atoms with E-state index in [1.54, 1.807) is 0 Å². The van der Waals surface area contributed by atoms with Crippen LogP contribution in [0.5, 0.6) is 5.75 Å². The average Bonchev–Trinajstić information content (AvgIpc) is 2.43. The van der Waals surface area contributed by atoms with E-state index in [4.69, 9.17) is 0 Å². The van der Waals surface area contributed by atoms with Gasteiger partial charge < -0.3 is 10.2 Å². The van der Waals surface area contributed by atoms with Gasteiger partial charge in [0.25, 0.3) is 0 Å². The molecule has 0 unspecified atom stereocenters. The Morgan fingerprint density at radius 1 is 1.15 bits per heavy atom. The molecular weight excluding hydrogens is 386 g/mol. The van der Waals surface area contributed by atoms with Gasteiger partial charge in [0.05, 0.1) is 15.0 Å². The van der Waals surface area contributed by atoms with Gasteiger partial charge in [-0.1, -0.05) is 6.92 Å². The maximum absolute atomic E-state index is 9.76. The van der Waals surface area contributed by atoms with Gasteiger partial charge in [0.2, 0.25) is 0 Å². The fraction of sp³-hybridized carbons (Fsp3) is 0.600. The van der Waals surface area contributed by atoms with Gasteiger partial charge in [0, 0.05) is 12.6 Å². The highest BCUT2D eigenvalue weighted by molar-refractivity contribution is 9.11. The van der Waals surface area contributed by atoms with E-state index in [1.165, 1.54) is 5.56 Å². The number of aliphatic hydroxyl groups excluding tert-OH is 1. The number of rotatable bonds is 4. The van der Waals surface area contributed by atoms with Crippen LogP contribution in [0.1, 0.15) is 38.2 Å². The van der Waals surface area contributed by atoms with Gasteiger partial charge in [0.15, 0.2) is 0 Å². The van der Waals surface area contributed by atoms with E-state index >= 15 is 0 Å². The molecule has 0 saturated heterocycles. The van der Waals surface area contributed by atoms with Crippen LogP contribution in [-0.2, 0) is 6.54 Å². The maximum Gasteiger partial charge on any atom is 0.143 e. The Bertz CT molecular complexity index is 436. The van der Waals surface area contributed by atoms with Crippen molar-refractivity contribution in [3.8, 4) is 5.75 Å². The van der Waals surface area contributed by atoms with Crippen molar-refractivity contribution >= 4 is 31.9 Å². The summed E-state index contributed by atoms with van der Waals surface area (Å²) >= 11 is 6.76.